The number of aliphatic hydroxyl groups is 3. The minimum Gasteiger partial charge on any atom is -0.457 e. The van der Waals surface area contributed by atoms with Gasteiger partial charge in [0.05, 0.1) is 19.8 Å². The van der Waals surface area contributed by atoms with Gasteiger partial charge in [0.25, 0.3) is 0 Å². The zero-order chi connectivity index (χ0) is 51.7. The van der Waals surface area contributed by atoms with Crippen LogP contribution in [0.15, 0.2) is 48.6 Å². The maximum Gasteiger partial charge on any atom is 0.397 e. The van der Waals surface area contributed by atoms with E-state index in [1.165, 1.54) is 154 Å². The monoisotopic (exact) mass is 1030 g/mol. The molecule has 0 amide bonds. The average Bonchev–Trinajstić information content (AvgIpc) is 3.35. The predicted molar refractivity (Wildman–Crippen MR) is 290 cm³/mol. The molecular weight excluding hydrogens is 921 g/mol. The van der Waals surface area contributed by atoms with Crippen LogP contribution in [0.25, 0.3) is 0 Å². The van der Waals surface area contributed by atoms with Gasteiger partial charge in [-0.1, -0.05) is 242 Å². The van der Waals surface area contributed by atoms with E-state index in [0.29, 0.717) is 13.0 Å². The van der Waals surface area contributed by atoms with E-state index >= 15 is 0 Å². The van der Waals surface area contributed by atoms with E-state index in [0.717, 1.165) is 70.6 Å². The molecule has 6 unspecified atom stereocenters. The molecule has 0 spiro atoms. The summed E-state index contributed by atoms with van der Waals surface area (Å²) in [5.74, 6) is -0.404. The highest BCUT2D eigenvalue weighted by atomic mass is 32.3. The smallest absolute Gasteiger partial charge is 0.397 e. The Labute approximate surface area is 434 Å². The molecule has 1 fully saturated rings. The average molecular weight is 1030 g/mol. The first-order chi connectivity index (χ1) is 34.6. The maximum atomic E-state index is 13.0. The van der Waals surface area contributed by atoms with Gasteiger partial charge in [-0.15, -0.1) is 0 Å². The van der Waals surface area contributed by atoms with Crippen molar-refractivity contribution in [1.29, 1.82) is 0 Å². The summed E-state index contributed by atoms with van der Waals surface area (Å²) in [6, 6.07) is 0. The lowest BCUT2D eigenvalue weighted by molar-refractivity contribution is -0.301. The number of aliphatic hydroxyl groups excluding tert-OH is 3. The summed E-state index contributed by atoms with van der Waals surface area (Å²) in [6.07, 6.45) is 52.9. The molecule has 0 aromatic heterocycles. The molecule has 1 saturated heterocycles. The predicted octanol–water partition coefficient (Wildman–Crippen LogP) is 14.3. The lowest BCUT2D eigenvalue weighted by Gasteiger charge is -2.41. The molecule has 0 aromatic rings. The van der Waals surface area contributed by atoms with Crippen LogP contribution in [-0.2, 0) is 38.3 Å². The molecule has 0 saturated carbocycles. The van der Waals surface area contributed by atoms with Gasteiger partial charge in [-0.25, -0.2) is 4.18 Å². The molecule has 1 aliphatic heterocycles. The molecule has 416 valence electrons. The molecular formula is C58H106O12S. The van der Waals surface area contributed by atoms with Crippen LogP contribution >= 0.6 is 0 Å². The second-order valence-electron chi connectivity index (χ2n) is 19.9. The lowest BCUT2D eigenvalue weighted by Crippen LogP contribution is -2.60. The van der Waals surface area contributed by atoms with E-state index in [1.54, 1.807) is 0 Å². The second-order valence-corrected chi connectivity index (χ2v) is 20.9. The lowest BCUT2D eigenvalue weighted by atomic mass is 9.99. The van der Waals surface area contributed by atoms with Crippen molar-refractivity contribution < 1.29 is 56.2 Å². The number of unbranched alkanes of at least 4 members (excludes halogenated alkanes) is 30. The van der Waals surface area contributed by atoms with E-state index in [2.05, 4.69) is 66.6 Å². The summed E-state index contributed by atoms with van der Waals surface area (Å²) in [7, 11) is -5.07. The molecule has 0 aliphatic carbocycles. The third kappa shape index (κ3) is 42.0. The van der Waals surface area contributed by atoms with Crippen LogP contribution in [0.5, 0.6) is 0 Å². The Morgan fingerprint density at radius 2 is 0.972 bits per heavy atom. The minimum atomic E-state index is -5.07. The highest BCUT2D eigenvalue weighted by Crippen LogP contribution is 2.26. The van der Waals surface area contributed by atoms with Gasteiger partial charge in [0.1, 0.15) is 30.5 Å². The zero-order valence-corrected chi connectivity index (χ0v) is 45.9. The summed E-state index contributed by atoms with van der Waals surface area (Å²) in [6.45, 7) is 3.92. The van der Waals surface area contributed by atoms with Gasteiger partial charge in [0.2, 0.25) is 0 Å². The highest BCUT2D eigenvalue weighted by Gasteiger charge is 2.48. The Hall–Kier alpha value is -1.94. The van der Waals surface area contributed by atoms with Gasteiger partial charge in [0.15, 0.2) is 6.29 Å². The largest absolute Gasteiger partial charge is 0.457 e. The number of hydrogen-bond acceptors (Lipinski definition) is 11. The molecule has 13 heteroatoms. The highest BCUT2D eigenvalue weighted by molar-refractivity contribution is 7.80. The van der Waals surface area contributed by atoms with Gasteiger partial charge in [-0.2, -0.15) is 8.42 Å². The number of hydrogen-bond donors (Lipinski definition) is 4. The fourth-order valence-electron chi connectivity index (χ4n) is 8.90. The van der Waals surface area contributed by atoms with E-state index in [1.807, 2.05) is 0 Å². The topological polar surface area (TPSA) is 178 Å². The van der Waals surface area contributed by atoms with Gasteiger partial charge in [-0.3, -0.25) is 9.35 Å². The SMILES string of the molecule is CC/C=C\C/C=C\C/C=C\C/C=C\CCCCCCCCCCC(=O)OC(COCCCCCCCCCCCCCCCCCCCCCCCCC)COC1OC(CO)C(O)C(OS(=O)(=O)O)C1O. The first-order valence-corrected chi connectivity index (χ1v) is 30.3. The molecule has 1 heterocycles. The van der Waals surface area contributed by atoms with Crippen LogP contribution in [0.1, 0.15) is 251 Å². The summed E-state index contributed by atoms with van der Waals surface area (Å²) in [5.41, 5.74) is 0. The fourth-order valence-corrected chi connectivity index (χ4v) is 9.41. The Morgan fingerprint density at radius 1 is 0.549 bits per heavy atom. The van der Waals surface area contributed by atoms with Gasteiger partial charge in [-0.05, 0) is 51.4 Å². The van der Waals surface area contributed by atoms with Crippen LogP contribution in [0, 0.1) is 0 Å². The van der Waals surface area contributed by atoms with Crippen molar-refractivity contribution in [2.75, 3.05) is 26.4 Å². The molecule has 0 aromatic carbocycles. The standard InChI is InChI=1S/C58H106O12S/c1-3-5-7-9-11-13-15-17-19-21-23-25-26-28-30-32-34-36-38-40-42-44-46-48-66-50-52(51-67-58-56(62)57(70-71(63,64)65)55(61)53(49-59)69-58)68-54(60)47-45-43-41-39-37-35-33-31-29-27-24-22-20-18-16-14-12-10-8-6-4-2/h6,8,12,14,18,20,24,27,52-53,55-59,61-62H,3-5,7,9-11,13,15-17,19,21-23,25-26,28-51H2,1-2H3,(H,63,64,65)/b8-6-,14-12-,20-18-,27-24-. The van der Waals surface area contributed by atoms with Crippen LogP contribution in [-0.4, -0.2) is 97.5 Å². The fraction of sp³-hybridized carbons (Fsp3) is 0.845. The van der Waals surface area contributed by atoms with E-state index in [4.69, 9.17) is 18.9 Å². The number of allylic oxidation sites excluding steroid dienone is 8. The molecule has 1 rings (SSSR count). The molecule has 71 heavy (non-hydrogen) atoms. The summed E-state index contributed by atoms with van der Waals surface area (Å²) >= 11 is 0. The van der Waals surface area contributed by atoms with Crippen LogP contribution in [0.2, 0.25) is 0 Å². The minimum absolute atomic E-state index is 0.0349. The van der Waals surface area contributed by atoms with E-state index < -0.39 is 59.8 Å². The van der Waals surface area contributed by atoms with Crippen molar-refractivity contribution in [2.45, 2.75) is 288 Å². The summed E-state index contributed by atoms with van der Waals surface area (Å²) in [4.78, 5) is 13.0. The van der Waals surface area contributed by atoms with Crippen LogP contribution < -0.4 is 0 Å². The summed E-state index contributed by atoms with van der Waals surface area (Å²) in [5, 5.41) is 30.8. The third-order valence-corrected chi connectivity index (χ3v) is 13.7. The van der Waals surface area contributed by atoms with Gasteiger partial charge >= 0.3 is 16.4 Å². The van der Waals surface area contributed by atoms with Crippen molar-refractivity contribution >= 4 is 16.4 Å². The van der Waals surface area contributed by atoms with Gasteiger partial charge < -0.3 is 34.3 Å². The third-order valence-electron chi connectivity index (χ3n) is 13.2. The number of carbonyl (C=O) groups excluding carboxylic acids is 1. The van der Waals surface area contributed by atoms with Gasteiger partial charge in [0, 0.05) is 13.0 Å². The quantitative estimate of drug-likeness (QED) is 0.0196. The number of rotatable bonds is 51. The second kappa shape index (κ2) is 49.0. The van der Waals surface area contributed by atoms with Crippen LogP contribution in [0.3, 0.4) is 0 Å². The number of carbonyl (C=O) groups is 1. The molecule has 6 atom stereocenters. The number of esters is 1. The normalized spacial score (nSPS) is 19.3. The van der Waals surface area contributed by atoms with Crippen molar-refractivity contribution in [3.05, 3.63) is 48.6 Å². The Bertz CT molecular complexity index is 1420. The van der Waals surface area contributed by atoms with E-state index in [-0.39, 0.29) is 19.6 Å². The Kier molecular flexibility index (Phi) is 46.3. The molecule has 0 bridgehead atoms. The molecule has 1 aliphatic rings. The molecule has 12 nitrogen and oxygen atoms in total. The Morgan fingerprint density at radius 3 is 1.42 bits per heavy atom. The Balaban J connectivity index is 2.29. The first-order valence-electron chi connectivity index (χ1n) is 28.9. The van der Waals surface area contributed by atoms with E-state index in [9.17, 15) is 33.1 Å². The zero-order valence-electron chi connectivity index (χ0n) is 45.0. The number of ether oxygens (including phenoxy) is 4. The van der Waals surface area contributed by atoms with Crippen molar-refractivity contribution in [3.63, 3.8) is 0 Å². The van der Waals surface area contributed by atoms with Crippen molar-refractivity contribution in [2.24, 2.45) is 0 Å². The van der Waals surface area contributed by atoms with Crippen molar-refractivity contribution in [1.82, 2.24) is 0 Å². The first kappa shape index (κ1) is 67.1. The molecule has 0 radical (unpaired) electrons. The maximum absolute atomic E-state index is 13.0. The van der Waals surface area contributed by atoms with Crippen LogP contribution in [0.4, 0.5) is 0 Å². The summed E-state index contributed by atoms with van der Waals surface area (Å²) < 4.78 is 59.4. The van der Waals surface area contributed by atoms with Crippen molar-refractivity contribution in [3.8, 4) is 0 Å². The molecule has 4 N–H and O–H groups in total.